The molecule has 0 radical (unpaired) electrons. The fourth-order valence-electron chi connectivity index (χ4n) is 1.80. The number of amides is 1. The van der Waals surface area contributed by atoms with Crippen LogP contribution in [0.5, 0.6) is 0 Å². The van der Waals surface area contributed by atoms with Crippen LogP contribution in [-0.2, 0) is 0 Å². The van der Waals surface area contributed by atoms with E-state index in [2.05, 4.69) is 15.5 Å². The van der Waals surface area contributed by atoms with Crippen LogP contribution in [0.4, 0.5) is 5.69 Å². The second-order valence-corrected chi connectivity index (χ2v) is 5.79. The maximum Gasteiger partial charge on any atom is 0.316 e. The van der Waals surface area contributed by atoms with Crippen molar-refractivity contribution < 1.29 is 9.32 Å². The van der Waals surface area contributed by atoms with Crippen LogP contribution >= 0.6 is 34.8 Å². The van der Waals surface area contributed by atoms with E-state index in [1.165, 1.54) is 6.07 Å². The summed E-state index contributed by atoms with van der Waals surface area (Å²) in [6, 6.07) is 11.6. The fourth-order valence-corrected chi connectivity index (χ4v) is 2.38. The van der Waals surface area contributed by atoms with Crippen molar-refractivity contribution in [2.75, 3.05) is 5.32 Å². The molecule has 3 rings (SSSR count). The van der Waals surface area contributed by atoms with E-state index in [1.54, 1.807) is 36.4 Å². The van der Waals surface area contributed by atoms with E-state index in [-0.39, 0.29) is 11.7 Å². The number of halogens is 3. The number of carbonyl (C=O) groups is 1. The van der Waals surface area contributed by atoms with Gasteiger partial charge in [-0.05, 0) is 42.5 Å². The third kappa shape index (κ3) is 3.64. The summed E-state index contributed by atoms with van der Waals surface area (Å²) in [5.74, 6) is -0.461. The van der Waals surface area contributed by atoms with Crippen LogP contribution in [0.25, 0.3) is 11.4 Å². The molecule has 0 atom stereocenters. The van der Waals surface area contributed by atoms with Crippen LogP contribution in [0, 0.1) is 0 Å². The van der Waals surface area contributed by atoms with Gasteiger partial charge in [0.1, 0.15) is 0 Å². The molecule has 1 amide bonds. The molecule has 0 aliphatic carbocycles. The lowest BCUT2D eigenvalue weighted by atomic mass is 10.2. The predicted octanol–water partition coefficient (Wildman–Crippen LogP) is 4.95. The van der Waals surface area contributed by atoms with E-state index >= 15 is 0 Å². The predicted molar refractivity (Wildman–Crippen MR) is 89.2 cm³/mol. The maximum atomic E-state index is 12.1. The minimum atomic E-state index is -0.568. The highest BCUT2D eigenvalue weighted by atomic mass is 35.5. The second kappa shape index (κ2) is 6.58. The monoisotopic (exact) mass is 367 g/mol. The smallest absolute Gasteiger partial charge is 0.316 e. The molecule has 1 heterocycles. The molecule has 0 saturated carbocycles. The molecule has 1 N–H and O–H groups in total. The number of hydrogen-bond acceptors (Lipinski definition) is 4. The van der Waals surface area contributed by atoms with Gasteiger partial charge in [0.15, 0.2) is 0 Å². The summed E-state index contributed by atoms with van der Waals surface area (Å²) in [6.45, 7) is 0. The van der Waals surface area contributed by atoms with Gasteiger partial charge >= 0.3 is 11.8 Å². The van der Waals surface area contributed by atoms with Gasteiger partial charge in [0.25, 0.3) is 0 Å². The summed E-state index contributed by atoms with van der Waals surface area (Å²) in [4.78, 5) is 16.2. The molecule has 3 aromatic rings. The Hall–Kier alpha value is -2.08. The van der Waals surface area contributed by atoms with Crippen molar-refractivity contribution >= 4 is 46.4 Å². The average Bonchev–Trinajstić information content (AvgIpc) is 3.01. The van der Waals surface area contributed by atoms with Crippen LogP contribution in [-0.4, -0.2) is 16.0 Å². The molecule has 2 aromatic carbocycles. The van der Waals surface area contributed by atoms with E-state index < -0.39 is 5.91 Å². The average molecular weight is 369 g/mol. The third-order valence-corrected chi connectivity index (χ3v) is 3.70. The summed E-state index contributed by atoms with van der Waals surface area (Å²) >= 11 is 17.6. The Labute approximate surface area is 146 Å². The van der Waals surface area contributed by atoms with Crippen molar-refractivity contribution in [3.63, 3.8) is 0 Å². The highest BCUT2D eigenvalue weighted by Gasteiger charge is 2.17. The first-order valence-corrected chi connectivity index (χ1v) is 7.52. The van der Waals surface area contributed by atoms with Gasteiger partial charge in [-0.15, -0.1) is 0 Å². The van der Waals surface area contributed by atoms with Crippen LogP contribution in [0.1, 0.15) is 10.7 Å². The number of nitrogens with one attached hydrogen (secondary N) is 1. The Morgan fingerprint density at radius 2 is 1.70 bits per heavy atom. The molecular formula is C15H8Cl3N3O2. The SMILES string of the molecule is O=C(Nc1ccc(Cl)cc1Cl)c1nc(-c2ccc(Cl)cc2)no1. The molecule has 5 nitrogen and oxygen atoms in total. The lowest BCUT2D eigenvalue weighted by Crippen LogP contribution is -2.12. The molecule has 1 aromatic heterocycles. The number of nitrogens with zero attached hydrogens (tertiary/aromatic N) is 2. The maximum absolute atomic E-state index is 12.1. The number of aromatic nitrogens is 2. The van der Waals surface area contributed by atoms with Crippen molar-refractivity contribution in [3.05, 3.63) is 63.4 Å². The van der Waals surface area contributed by atoms with Crippen LogP contribution in [0.2, 0.25) is 15.1 Å². The highest BCUT2D eigenvalue weighted by Crippen LogP contribution is 2.26. The Morgan fingerprint density at radius 3 is 2.39 bits per heavy atom. The van der Waals surface area contributed by atoms with Gasteiger partial charge in [0.2, 0.25) is 5.82 Å². The molecule has 0 saturated heterocycles. The largest absolute Gasteiger partial charge is 0.328 e. The Kier molecular flexibility index (Phi) is 4.52. The highest BCUT2D eigenvalue weighted by molar-refractivity contribution is 6.36. The van der Waals surface area contributed by atoms with Crippen LogP contribution < -0.4 is 5.32 Å². The van der Waals surface area contributed by atoms with Crippen molar-refractivity contribution in [3.8, 4) is 11.4 Å². The first-order chi connectivity index (χ1) is 11.0. The molecule has 0 spiro atoms. The zero-order valence-electron chi connectivity index (χ0n) is 11.4. The lowest BCUT2D eigenvalue weighted by Gasteiger charge is -2.04. The minimum absolute atomic E-state index is 0.180. The van der Waals surface area contributed by atoms with Crippen molar-refractivity contribution in [2.24, 2.45) is 0 Å². The molecule has 116 valence electrons. The van der Waals surface area contributed by atoms with E-state index in [9.17, 15) is 4.79 Å². The number of rotatable bonds is 3. The summed E-state index contributed by atoms with van der Waals surface area (Å²) in [5, 5.41) is 7.72. The number of carbonyl (C=O) groups excluding carboxylic acids is 1. The Balaban J connectivity index is 1.79. The summed E-state index contributed by atoms with van der Waals surface area (Å²) in [6.07, 6.45) is 0. The van der Waals surface area contributed by atoms with Gasteiger partial charge in [-0.25, -0.2) is 0 Å². The van der Waals surface area contributed by atoms with E-state index in [0.29, 0.717) is 26.3 Å². The van der Waals surface area contributed by atoms with Gasteiger partial charge in [0, 0.05) is 15.6 Å². The zero-order valence-corrected chi connectivity index (χ0v) is 13.7. The van der Waals surface area contributed by atoms with Crippen LogP contribution in [0.3, 0.4) is 0 Å². The molecule has 0 aliphatic heterocycles. The molecule has 0 aliphatic rings. The van der Waals surface area contributed by atoms with E-state index in [0.717, 1.165) is 0 Å². The summed E-state index contributed by atoms with van der Waals surface area (Å²) in [5.41, 5.74) is 1.08. The molecule has 8 heteroatoms. The molecule has 0 bridgehead atoms. The van der Waals surface area contributed by atoms with Gasteiger partial charge in [-0.3, -0.25) is 4.79 Å². The molecule has 23 heavy (non-hydrogen) atoms. The number of hydrogen-bond donors (Lipinski definition) is 1. The topological polar surface area (TPSA) is 68.0 Å². The van der Waals surface area contributed by atoms with Gasteiger partial charge in [-0.1, -0.05) is 40.0 Å². The van der Waals surface area contributed by atoms with Crippen molar-refractivity contribution in [1.82, 2.24) is 10.1 Å². The van der Waals surface area contributed by atoms with Gasteiger partial charge in [-0.2, -0.15) is 4.98 Å². The first-order valence-electron chi connectivity index (χ1n) is 6.39. The van der Waals surface area contributed by atoms with Crippen molar-refractivity contribution in [2.45, 2.75) is 0 Å². The zero-order chi connectivity index (χ0) is 16.4. The van der Waals surface area contributed by atoms with E-state index in [4.69, 9.17) is 39.3 Å². The second-order valence-electron chi connectivity index (χ2n) is 4.51. The minimum Gasteiger partial charge on any atom is -0.328 e. The standard InChI is InChI=1S/C15H8Cl3N3O2/c16-9-3-1-8(2-4-9)13-20-15(23-21-13)14(22)19-12-6-5-10(17)7-11(12)18/h1-7H,(H,19,22). The number of benzene rings is 2. The van der Waals surface area contributed by atoms with E-state index in [1.807, 2.05) is 0 Å². The lowest BCUT2D eigenvalue weighted by molar-refractivity contribution is 0.0981. The Bertz CT molecular complexity index is 863. The third-order valence-electron chi connectivity index (χ3n) is 2.90. The fraction of sp³-hybridized carbons (Fsp3) is 0. The number of anilines is 1. The van der Waals surface area contributed by atoms with Gasteiger partial charge < -0.3 is 9.84 Å². The first kappa shape index (κ1) is 15.8. The normalized spacial score (nSPS) is 10.6. The van der Waals surface area contributed by atoms with Crippen LogP contribution in [0.15, 0.2) is 47.0 Å². The summed E-state index contributed by atoms with van der Waals surface area (Å²) in [7, 11) is 0. The summed E-state index contributed by atoms with van der Waals surface area (Å²) < 4.78 is 4.97. The quantitative estimate of drug-likeness (QED) is 0.710. The van der Waals surface area contributed by atoms with Crippen molar-refractivity contribution in [1.29, 1.82) is 0 Å². The Morgan fingerprint density at radius 1 is 1.00 bits per heavy atom. The molecule has 0 unspecified atom stereocenters. The molecular weight excluding hydrogens is 361 g/mol. The van der Waals surface area contributed by atoms with Gasteiger partial charge in [0.05, 0.1) is 10.7 Å². The molecule has 0 fully saturated rings.